The molecule has 1 amide bonds. The highest BCUT2D eigenvalue weighted by molar-refractivity contribution is 5.94. The summed E-state index contributed by atoms with van der Waals surface area (Å²) >= 11 is 0. The zero-order chi connectivity index (χ0) is 17.6. The van der Waals surface area contributed by atoms with E-state index in [-0.39, 0.29) is 11.9 Å². The van der Waals surface area contributed by atoms with E-state index in [4.69, 9.17) is 4.74 Å². The summed E-state index contributed by atoms with van der Waals surface area (Å²) in [5.74, 6) is 0.0672. The Hall–Kier alpha value is -2.82. The Morgan fingerprint density at radius 1 is 0.920 bits per heavy atom. The zero-order valence-electron chi connectivity index (χ0n) is 14.4. The number of carbonyl (C=O) groups excluding carboxylic acids is 2. The molecule has 1 heterocycles. The van der Waals surface area contributed by atoms with Crippen LogP contribution in [0.3, 0.4) is 0 Å². The standard InChI is InChI=1S/C20H22N2O3/c1-16(23)18-7-9-19(10-8-18)21-11-13-22(14-12-21)20(24)25-15-17-5-3-2-4-6-17/h2-10H,11-15H2,1H3. The zero-order valence-corrected chi connectivity index (χ0v) is 14.4. The van der Waals surface area contributed by atoms with Gasteiger partial charge in [-0.3, -0.25) is 4.79 Å². The van der Waals surface area contributed by atoms with Crippen LogP contribution in [0.4, 0.5) is 10.5 Å². The fraction of sp³-hybridized carbons (Fsp3) is 0.300. The van der Waals surface area contributed by atoms with Gasteiger partial charge in [-0.1, -0.05) is 30.3 Å². The highest BCUT2D eigenvalue weighted by Gasteiger charge is 2.22. The fourth-order valence-corrected chi connectivity index (χ4v) is 2.86. The van der Waals surface area contributed by atoms with Crippen molar-refractivity contribution < 1.29 is 14.3 Å². The number of hydrogen-bond donors (Lipinski definition) is 0. The molecule has 25 heavy (non-hydrogen) atoms. The Labute approximate surface area is 147 Å². The van der Waals surface area contributed by atoms with Crippen LogP contribution in [-0.2, 0) is 11.3 Å². The minimum absolute atomic E-state index is 0.0672. The van der Waals surface area contributed by atoms with E-state index in [0.717, 1.165) is 24.3 Å². The third kappa shape index (κ3) is 4.38. The van der Waals surface area contributed by atoms with E-state index >= 15 is 0 Å². The van der Waals surface area contributed by atoms with Crippen molar-refractivity contribution in [3.63, 3.8) is 0 Å². The fourth-order valence-electron chi connectivity index (χ4n) is 2.86. The van der Waals surface area contributed by atoms with Gasteiger partial charge in [-0.05, 0) is 36.8 Å². The summed E-state index contributed by atoms with van der Waals surface area (Å²) in [4.78, 5) is 27.5. The molecule has 0 radical (unpaired) electrons. The number of ketones is 1. The predicted molar refractivity (Wildman–Crippen MR) is 96.9 cm³/mol. The minimum atomic E-state index is -0.268. The maximum atomic E-state index is 12.2. The normalized spacial score (nSPS) is 14.3. The highest BCUT2D eigenvalue weighted by atomic mass is 16.6. The second-order valence-corrected chi connectivity index (χ2v) is 6.12. The number of benzene rings is 2. The molecule has 3 rings (SSSR count). The van der Waals surface area contributed by atoms with Crippen LogP contribution in [0.25, 0.3) is 0 Å². The molecule has 1 aliphatic heterocycles. The van der Waals surface area contributed by atoms with Crippen LogP contribution in [0.5, 0.6) is 0 Å². The van der Waals surface area contributed by atoms with Crippen molar-refractivity contribution in [3.8, 4) is 0 Å². The van der Waals surface area contributed by atoms with Gasteiger partial charge >= 0.3 is 6.09 Å². The lowest BCUT2D eigenvalue weighted by atomic mass is 10.1. The number of rotatable bonds is 4. The number of amides is 1. The van der Waals surface area contributed by atoms with Gasteiger partial charge in [-0.15, -0.1) is 0 Å². The van der Waals surface area contributed by atoms with Crippen LogP contribution in [0.15, 0.2) is 54.6 Å². The van der Waals surface area contributed by atoms with Crippen molar-refractivity contribution in [1.82, 2.24) is 4.90 Å². The summed E-state index contributed by atoms with van der Waals surface area (Å²) in [6.45, 7) is 4.62. The molecular formula is C20H22N2O3. The second kappa shape index (κ2) is 7.83. The van der Waals surface area contributed by atoms with Crippen LogP contribution >= 0.6 is 0 Å². The number of anilines is 1. The minimum Gasteiger partial charge on any atom is -0.445 e. The maximum Gasteiger partial charge on any atom is 0.410 e. The molecule has 0 aromatic heterocycles. The number of Topliss-reactive ketones (excluding diaryl/α,β-unsaturated/α-hetero) is 1. The molecule has 5 heteroatoms. The van der Waals surface area contributed by atoms with E-state index in [2.05, 4.69) is 4.90 Å². The SMILES string of the molecule is CC(=O)c1ccc(N2CCN(C(=O)OCc3ccccc3)CC2)cc1. The first-order chi connectivity index (χ1) is 12.1. The van der Waals surface area contributed by atoms with Gasteiger partial charge in [0.15, 0.2) is 5.78 Å². The molecule has 0 spiro atoms. The Balaban J connectivity index is 1.49. The quantitative estimate of drug-likeness (QED) is 0.802. The van der Waals surface area contributed by atoms with Gasteiger partial charge in [0.05, 0.1) is 0 Å². The monoisotopic (exact) mass is 338 g/mol. The average molecular weight is 338 g/mol. The van der Waals surface area contributed by atoms with Crippen molar-refractivity contribution in [2.75, 3.05) is 31.1 Å². The second-order valence-electron chi connectivity index (χ2n) is 6.12. The molecule has 1 saturated heterocycles. The summed E-state index contributed by atoms with van der Waals surface area (Å²) in [6.07, 6.45) is -0.268. The van der Waals surface area contributed by atoms with Gasteiger partial charge < -0.3 is 14.5 Å². The first-order valence-corrected chi connectivity index (χ1v) is 8.45. The molecule has 130 valence electrons. The lowest BCUT2D eigenvalue weighted by Crippen LogP contribution is -2.48. The summed E-state index contributed by atoms with van der Waals surface area (Å²) in [5, 5.41) is 0. The van der Waals surface area contributed by atoms with E-state index in [0.29, 0.717) is 25.3 Å². The average Bonchev–Trinajstić information content (AvgIpc) is 2.67. The first-order valence-electron chi connectivity index (χ1n) is 8.45. The van der Waals surface area contributed by atoms with Crippen molar-refractivity contribution in [3.05, 3.63) is 65.7 Å². The van der Waals surface area contributed by atoms with E-state index in [1.165, 1.54) is 0 Å². The lowest BCUT2D eigenvalue weighted by molar-refractivity contribution is 0.0941. The molecule has 0 atom stereocenters. The lowest BCUT2D eigenvalue weighted by Gasteiger charge is -2.35. The maximum absolute atomic E-state index is 12.2. The Morgan fingerprint density at radius 2 is 1.56 bits per heavy atom. The molecule has 5 nitrogen and oxygen atoms in total. The topological polar surface area (TPSA) is 49.9 Å². The van der Waals surface area contributed by atoms with Crippen molar-refractivity contribution in [2.45, 2.75) is 13.5 Å². The van der Waals surface area contributed by atoms with Crippen molar-refractivity contribution in [1.29, 1.82) is 0 Å². The van der Waals surface area contributed by atoms with Gasteiger partial charge in [0.25, 0.3) is 0 Å². The summed E-state index contributed by atoms with van der Waals surface area (Å²) in [5.41, 5.74) is 2.77. The van der Waals surface area contributed by atoms with Crippen LogP contribution in [-0.4, -0.2) is 43.0 Å². The van der Waals surface area contributed by atoms with Crippen LogP contribution in [0.1, 0.15) is 22.8 Å². The Morgan fingerprint density at radius 3 is 2.16 bits per heavy atom. The van der Waals surface area contributed by atoms with Gasteiger partial charge in [0, 0.05) is 37.4 Å². The number of carbonyl (C=O) groups is 2. The smallest absolute Gasteiger partial charge is 0.410 e. The van der Waals surface area contributed by atoms with Crippen LogP contribution in [0.2, 0.25) is 0 Å². The summed E-state index contributed by atoms with van der Waals surface area (Å²) in [7, 11) is 0. The van der Waals surface area contributed by atoms with Crippen LogP contribution < -0.4 is 4.90 Å². The molecule has 0 aliphatic carbocycles. The largest absolute Gasteiger partial charge is 0.445 e. The highest BCUT2D eigenvalue weighted by Crippen LogP contribution is 2.18. The molecule has 0 bridgehead atoms. The third-order valence-electron chi connectivity index (χ3n) is 4.38. The van der Waals surface area contributed by atoms with Crippen LogP contribution in [0, 0.1) is 0 Å². The summed E-state index contributed by atoms with van der Waals surface area (Å²) in [6, 6.07) is 17.3. The first kappa shape index (κ1) is 17.0. The van der Waals surface area contributed by atoms with Crippen molar-refractivity contribution in [2.24, 2.45) is 0 Å². The molecule has 1 aliphatic rings. The molecule has 0 unspecified atom stereocenters. The summed E-state index contributed by atoms with van der Waals surface area (Å²) < 4.78 is 5.38. The molecule has 1 fully saturated rings. The molecule has 2 aromatic rings. The molecular weight excluding hydrogens is 316 g/mol. The number of piperazine rings is 1. The van der Waals surface area contributed by atoms with Gasteiger partial charge in [0.2, 0.25) is 0 Å². The predicted octanol–water partition coefficient (Wildman–Crippen LogP) is 3.35. The molecule has 2 aromatic carbocycles. The van der Waals surface area contributed by atoms with E-state index in [9.17, 15) is 9.59 Å². The molecule has 0 saturated carbocycles. The van der Waals surface area contributed by atoms with Crippen molar-refractivity contribution >= 4 is 17.6 Å². The van der Waals surface area contributed by atoms with E-state index in [1.807, 2.05) is 54.6 Å². The van der Waals surface area contributed by atoms with E-state index in [1.54, 1.807) is 11.8 Å². The third-order valence-corrected chi connectivity index (χ3v) is 4.38. The number of ether oxygens (including phenoxy) is 1. The number of hydrogen-bond acceptors (Lipinski definition) is 4. The van der Waals surface area contributed by atoms with Gasteiger partial charge in [-0.25, -0.2) is 4.79 Å². The Bertz CT molecular complexity index is 720. The van der Waals surface area contributed by atoms with Gasteiger partial charge in [-0.2, -0.15) is 0 Å². The Kier molecular flexibility index (Phi) is 5.33. The number of nitrogens with zero attached hydrogens (tertiary/aromatic N) is 2. The van der Waals surface area contributed by atoms with E-state index < -0.39 is 0 Å². The van der Waals surface area contributed by atoms with Gasteiger partial charge in [0.1, 0.15) is 6.61 Å². The molecule has 0 N–H and O–H groups in total.